The van der Waals surface area contributed by atoms with Gasteiger partial charge < -0.3 is 20.1 Å². The van der Waals surface area contributed by atoms with E-state index in [1.165, 1.54) is 5.56 Å². The summed E-state index contributed by atoms with van der Waals surface area (Å²) in [5.74, 6) is 1.71. The van der Waals surface area contributed by atoms with Crippen molar-refractivity contribution < 1.29 is 9.47 Å². The molecule has 146 valence electrons. The number of nitrogens with zero attached hydrogens (tertiary/aromatic N) is 1. The highest BCUT2D eigenvalue weighted by Crippen LogP contribution is 2.14. The first-order valence-corrected chi connectivity index (χ1v) is 9.58. The highest BCUT2D eigenvalue weighted by molar-refractivity contribution is 5.79. The van der Waals surface area contributed by atoms with Crippen LogP contribution in [0, 0.1) is 0 Å². The maximum atomic E-state index is 5.76. The van der Waals surface area contributed by atoms with Crippen LogP contribution in [0.3, 0.4) is 0 Å². The van der Waals surface area contributed by atoms with Crippen molar-refractivity contribution >= 4 is 5.96 Å². The average Bonchev–Trinajstić information content (AvgIpc) is 2.70. The Hall–Kier alpha value is -2.53. The number of guanidine groups is 1. The number of ether oxygens (including phenoxy) is 2. The fraction of sp³-hybridized carbons (Fsp3) is 0.409. The van der Waals surface area contributed by atoms with Crippen molar-refractivity contribution in [1.82, 2.24) is 10.6 Å². The zero-order valence-electron chi connectivity index (χ0n) is 16.4. The summed E-state index contributed by atoms with van der Waals surface area (Å²) < 4.78 is 10.8. The number of aliphatic imine (C=N–C) groups is 1. The van der Waals surface area contributed by atoms with Gasteiger partial charge in [0, 0.05) is 33.2 Å². The number of hydrogen-bond donors (Lipinski definition) is 2. The molecular weight excluding hydrogens is 338 g/mol. The fourth-order valence-electron chi connectivity index (χ4n) is 2.61. The van der Waals surface area contributed by atoms with Crippen LogP contribution in [0.2, 0.25) is 0 Å². The molecule has 5 heteroatoms. The van der Waals surface area contributed by atoms with E-state index >= 15 is 0 Å². The van der Waals surface area contributed by atoms with E-state index in [9.17, 15) is 0 Å². The SMILES string of the molecule is CCNC(=NCc1cccc(OCCCOC)c1)NCCc1ccccc1. The van der Waals surface area contributed by atoms with Gasteiger partial charge >= 0.3 is 0 Å². The molecule has 0 amide bonds. The Balaban J connectivity index is 1.84. The fourth-order valence-corrected chi connectivity index (χ4v) is 2.61. The molecule has 0 heterocycles. The molecular formula is C22H31N3O2. The molecule has 0 atom stereocenters. The molecule has 0 radical (unpaired) electrons. The van der Waals surface area contributed by atoms with E-state index in [-0.39, 0.29) is 0 Å². The van der Waals surface area contributed by atoms with Gasteiger partial charge in [0.25, 0.3) is 0 Å². The highest BCUT2D eigenvalue weighted by Gasteiger charge is 2.00. The highest BCUT2D eigenvalue weighted by atomic mass is 16.5. The van der Waals surface area contributed by atoms with Crippen molar-refractivity contribution in [2.75, 3.05) is 33.4 Å². The minimum Gasteiger partial charge on any atom is -0.493 e. The topological polar surface area (TPSA) is 54.9 Å². The second-order valence-electron chi connectivity index (χ2n) is 6.20. The predicted molar refractivity (Wildman–Crippen MR) is 111 cm³/mol. The summed E-state index contributed by atoms with van der Waals surface area (Å²) in [7, 11) is 1.70. The van der Waals surface area contributed by atoms with Gasteiger partial charge in [0.15, 0.2) is 5.96 Å². The van der Waals surface area contributed by atoms with Crippen LogP contribution in [-0.2, 0) is 17.7 Å². The summed E-state index contributed by atoms with van der Waals surface area (Å²) in [5.41, 5.74) is 2.44. The van der Waals surface area contributed by atoms with Crippen LogP contribution >= 0.6 is 0 Å². The third-order valence-electron chi connectivity index (χ3n) is 3.97. The average molecular weight is 370 g/mol. The molecule has 2 aromatic rings. The minimum absolute atomic E-state index is 0.607. The lowest BCUT2D eigenvalue weighted by Crippen LogP contribution is -2.38. The second-order valence-corrected chi connectivity index (χ2v) is 6.20. The molecule has 5 nitrogen and oxygen atoms in total. The normalized spacial score (nSPS) is 11.3. The maximum Gasteiger partial charge on any atom is 0.191 e. The van der Waals surface area contributed by atoms with Gasteiger partial charge in [-0.25, -0.2) is 4.99 Å². The van der Waals surface area contributed by atoms with E-state index in [0.29, 0.717) is 19.8 Å². The van der Waals surface area contributed by atoms with Crippen LogP contribution in [-0.4, -0.2) is 39.4 Å². The molecule has 0 spiro atoms. The second kappa shape index (κ2) is 12.8. The Morgan fingerprint density at radius 1 is 0.963 bits per heavy atom. The third kappa shape index (κ3) is 8.60. The Bertz CT molecular complexity index is 674. The first-order chi connectivity index (χ1) is 13.3. The zero-order chi connectivity index (χ0) is 19.2. The minimum atomic E-state index is 0.607. The lowest BCUT2D eigenvalue weighted by Gasteiger charge is -2.12. The lowest BCUT2D eigenvalue weighted by molar-refractivity contribution is 0.172. The van der Waals surface area contributed by atoms with Crippen molar-refractivity contribution in [3.05, 3.63) is 65.7 Å². The molecule has 2 aromatic carbocycles. The maximum absolute atomic E-state index is 5.76. The monoisotopic (exact) mass is 369 g/mol. The molecule has 0 bridgehead atoms. The van der Waals surface area contributed by atoms with E-state index < -0.39 is 0 Å². The summed E-state index contributed by atoms with van der Waals surface area (Å²) >= 11 is 0. The number of nitrogens with one attached hydrogen (secondary N) is 2. The molecule has 0 saturated carbocycles. The van der Waals surface area contributed by atoms with E-state index in [4.69, 9.17) is 9.47 Å². The van der Waals surface area contributed by atoms with Gasteiger partial charge in [-0.1, -0.05) is 42.5 Å². The van der Waals surface area contributed by atoms with Crippen molar-refractivity contribution in [1.29, 1.82) is 0 Å². The van der Waals surface area contributed by atoms with Gasteiger partial charge in [-0.15, -0.1) is 0 Å². The zero-order valence-corrected chi connectivity index (χ0v) is 16.4. The molecule has 27 heavy (non-hydrogen) atoms. The van der Waals surface area contributed by atoms with Crippen LogP contribution in [0.1, 0.15) is 24.5 Å². The van der Waals surface area contributed by atoms with Crippen molar-refractivity contribution in [3.63, 3.8) is 0 Å². The standard InChI is InChI=1S/C22H31N3O2/c1-3-23-22(24-14-13-19-9-5-4-6-10-19)25-18-20-11-7-12-21(17-20)27-16-8-15-26-2/h4-7,9-12,17H,3,8,13-16,18H2,1-2H3,(H2,23,24,25). The first kappa shape index (κ1) is 20.8. The van der Waals surface area contributed by atoms with Gasteiger partial charge in [0.1, 0.15) is 5.75 Å². The van der Waals surface area contributed by atoms with Crippen molar-refractivity contribution in [2.24, 2.45) is 4.99 Å². The Kier molecular flexibility index (Phi) is 9.82. The quantitative estimate of drug-likeness (QED) is 0.362. The molecule has 0 unspecified atom stereocenters. The van der Waals surface area contributed by atoms with Gasteiger partial charge in [-0.05, 0) is 36.6 Å². The van der Waals surface area contributed by atoms with Gasteiger partial charge in [-0.2, -0.15) is 0 Å². The van der Waals surface area contributed by atoms with Gasteiger partial charge in [-0.3, -0.25) is 0 Å². The Morgan fingerprint density at radius 3 is 2.56 bits per heavy atom. The molecule has 2 N–H and O–H groups in total. The third-order valence-corrected chi connectivity index (χ3v) is 3.97. The van der Waals surface area contributed by atoms with E-state index in [0.717, 1.165) is 43.2 Å². The van der Waals surface area contributed by atoms with Crippen molar-refractivity contribution in [2.45, 2.75) is 26.3 Å². The first-order valence-electron chi connectivity index (χ1n) is 9.58. The smallest absolute Gasteiger partial charge is 0.191 e. The summed E-state index contributed by atoms with van der Waals surface area (Å²) in [6.07, 6.45) is 1.85. The lowest BCUT2D eigenvalue weighted by atomic mass is 10.1. The molecule has 0 fully saturated rings. The van der Waals surface area contributed by atoms with Crippen LogP contribution in [0.25, 0.3) is 0 Å². The number of rotatable bonds is 11. The Morgan fingerprint density at radius 2 is 1.78 bits per heavy atom. The molecule has 0 aliphatic heterocycles. The Labute approximate surface area is 162 Å². The summed E-state index contributed by atoms with van der Waals surface area (Å²) in [6, 6.07) is 18.6. The summed E-state index contributed by atoms with van der Waals surface area (Å²) in [6.45, 7) is 5.73. The largest absolute Gasteiger partial charge is 0.493 e. The summed E-state index contributed by atoms with van der Waals surface area (Å²) in [5, 5.41) is 6.69. The van der Waals surface area contributed by atoms with Crippen LogP contribution in [0.4, 0.5) is 0 Å². The number of methoxy groups -OCH3 is 1. The number of hydrogen-bond acceptors (Lipinski definition) is 3. The van der Waals surface area contributed by atoms with Crippen LogP contribution < -0.4 is 15.4 Å². The summed E-state index contributed by atoms with van der Waals surface area (Å²) in [4.78, 5) is 4.68. The molecule has 0 aliphatic rings. The van der Waals surface area contributed by atoms with Gasteiger partial charge in [0.2, 0.25) is 0 Å². The van der Waals surface area contributed by atoms with Gasteiger partial charge in [0.05, 0.1) is 13.2 Å². The molecule has 0 aliphatic carbocycles. The molecule has 0 aromatic heterocycles. The van der Waals surface area contributed by atoms with Crippen LogP contribution in [0.15, 0.2) is 59.6 Å². The molecule has 0 saturated heterocycles. The predicted octanol–water partition coefficient (Wildman–Crippen LogP) is 3.40. The van der Waals surface area contributed by atoms with Crippen molar-refractivity contribution in [3.8, 4) is 5.75 Å². The molecule has 2 rings (SSSR count). The van der Waals surface area contributed by atoms with E-state index in [1.54, 1.807) is 7.11 Å². The van der Waals surface area contributed by atoms with E-state index in [2.05, 4.69) is 52.9 Å². The number of benzene rings is 2. The van der Waals surface area contributed by atoms with Crippen LogP contribution in [0.5, 0.6) is 5.75 Å². The van der Waals surface area contributed by atoms with E-state index in [1.807, 2.05) is 24.3 Å².